The average molecular weight is 302 g/mol. The molecule has 0 aliphatic rings. The summed E-state index contributed by atoms with van der Waals surface area (Å²) in [6.45, 7) is 0. The zero-order valence-electron chi connectivity index (χ0n) is 12.0. The fraction of sp³-hybridized carbons (Fsp3) is 0.188. The van der Waals surface area contributed by atoms with Crippen molar-refractivity contribution in [2.75, 3.05) is 7.11 Å². The molecule has 114 valence electrons. The summed E-state index contributed by atoms with van der Waals surface area (Å²) in [5, 5.41) is 2.58. The largest absolute Gasteiger partial charge is 0.467 e. The number of hydrogen-bond acceptors (Lipinski definition) is 4. The van der Waals surface area contributed by atoms with Crippen LogP contribution in [0.1, 0.15) is 16.1 Å². The standard InChI is InChI=1S/C16H15FN2O3/c1-22-16(21)14(10-11-5-7-12(17)8-6-11)19-15(20)13-4-2-3-9-18-13/h2-9,14H,10H2,1H3,(H,19,20)/t14-/m0/s1. The normalized spacial score (nSPS) is 11.5. The van der Waals surface area contributed by atoms with Gasteiger partial charge in [-0.1, -0.05) is 18.2 Å². The summed E-state index contributed by atoms with van der Waals surface area (Å²) in [5.41, 5.74) is 0.911. The van der Waals surface area contributed by atoms with Gasteiger partial charge < -0.3 is 10.1 Å². The van der Waals surface area contributed by atoms with E-state index in [2.05, 4.69) is 10.3 Å². The molecule has 0 saturated carbocycles. The lowest BCUT2D eigenvalue weighted by molar-refractivity contribution is -0.142. The van der Waals surface area contributed by atoms with Gasteiger partial charge in [-0.05, 0) is 29.8 Å². The molecule has 1 aromatic carbocycles. The van der Waals surface area contributed by atoms with E-state index in [1.807, 2.05) is 0 Å². The Morgan fingerprint density at radius 1 is 1.23 bits per heavy atom. The van der Waals surface area contributed by atoms with E-state index in [0.29, 0.717) is 5.56 Å². The number of benzene rings is 1. The lowest BCUT2D eigenvalue weighted by Crippen LogP contribution is -2.43. The van der Waals surface area contributed by atoms with Gasteiger partial charge in [0.2, 0.25) is 0 Å². The van der Waals surface area contributed by atoms with E-state index in [-0.39, 0.29) is 17.9 Å². The number of esters is 1. The first-order valence-corrected chi connectivity index (χ1v) is 6.64. The molecule has 1 heterocycles. The molecular formula is C16H15FN2O3. The van der Waals surface area contributed by atoms with Crippen LogP contribution in [0.3, 0.4) is 0 Å². The topological polar surface area (TPSA) is 68.3 Å². The number of nitrogens with one attached hydrogen (secondary N) is 1. The number of ether oxygens (including phenoxy) is 1. The fourth-order valence-electron chi connectivity index (χ4n) is 1.92. The van der Waals surface area contributed by atoms with Gasteiger partial charge in [-0.15, -0.1) is 0 Å². The van der Waals surface area contributed by atoms with Crippen molar-refractivity contribution in [1.29, 1.82) is 0 Å². The van der Waals surface area contributed by atoms with Crippen LogP contribution in [0, 0.1) is 5.82 Å². The van der Waals surface area contributed by atoms with E-state index in [9.17, 15) is 14.0 Å². The Labute approximate surface area is 127 Å². The summed E-state index contributed by atoms with van der Waals surface area (Å²) < 4.78 is 17.6. The van der Waals surface area contributed by atoms with Crippen LogP contribution in [0.4, 0.5) is 4.39 Å². The molecule has 1 aromatic heterocycles. The molecule has 2 aromatic rings. The predicted molar refractivity (Wildman–Crippen MR) is 77.6 cm³/mol. The fourth-order valence-corrected chi connectivity index (χ4v) is 1.92. The van der Waals surface area contributed by atoms with Crippen molar-refractivity contribution >= 4 is 11.9 Å². The minimum Gasteiger partial charge on any atom is -0.467 e. The molecule has 0 fully saturated rings. The van der Waals surface area contributed by atoms with Gasteiger partial charge in [-0.2, -0.15) is 0 Å². The molecule has 5 nitrogen and oxygen atoms in total. The molecule has 22 heavy (non-hydrogen) atoms. The summed E-state index contributed by atoms with van der Waals surface area (Å²) in [6, 6.07) is 9.74. The van der Waals surface area contributed by atoms with E-state index in [1.54, 1.807) is 30.3 Å². The lowest BCUT2D eigenvalue weighted by Gasteiger charge is -2.16. The van der Waals surface area contributed by atoms with Crippen LogP contribution in [-0.2, 0) is 16.0 Å². The van der Waals surface area contributed by atoms with Crippen LogP contribution < -0.4 is 5.32 Å². The predicted octanol–water partition coefficient (Wildman–Crippen LogP) is 1.73. The van der Waals surface area contributed by atoms with Crippen LogP contribution in [-0.4, -0.2) is 30.0 Å². The van der Waals surface area contributed by atoms with Gasteiger partial charge in [0.25, 0.3) is 5.91 Å². The Morgan fingerprint density at radius 2 is 1.95 bits per heavy atom. The molecule has 0 spiro atoms. The minimum atomic E-state index is -0.870. The molecule has 1 atom stereocenters. The molecule has 0 aliphatic heterocycles. The quantitative estimate of drug-likeness (QED) is 0.854. The van der Waals surface area contributed by atoms with E-state index in [0.717, 1.165) is 0 Å². The minimum absolute atomic E-state index is 0.200. The number of carbonyl (C=O) groups is 2. The number of pyridine rings is 1. The Hall–Kier alpha value is -2.76. The monoisotopic (exact) mass is 302 g/mol. The molecule has 0 saturated heterocycles. The van der Waals surface area contributed by atoms with Gasteiger partial charge in [-0.3, -0.25) is 9.78 Å². The number of halogens is 1. The van der Waals surface area contributed by atoms with Crippen LogP contribution in [0.5, 0.6) is 0 Å². The number of rotatable bonds is 5. The first kappa shape index (κ1) is 15.6. The maximum atomic E-state index is 12.9. The van der Waals surface area contributed by atoms with Crippen LogP contribution in [0.15, 0.2) is 48.7 Å². The van der Waals surface area contributed by atoms with Crippen molar-refractivity contribution in [3.63, 3.8) is 0 Å². The van der Waals surface area contributed by atoms with E-state index in [4.69, 9.17) is 4.74 Å². The van der Waals surface area contributed by atoms with Gasteiger partial charge in [0.1, 0.15) is 17.6 Å². The first-order chi connectivity index (χ1) is 10.6. The van der Waals surface area contributed by atoms with Gasteiger partial charge in [0.05, 0.1) is 7.11 Å². The van der Waals surface area contributed by atoms with Crippen molar-refractivity contribution in [2.45, 2.75) is 12.5 Å². The second-order valence-electron chi connectivity index (χ2n) is 4.59. The summed E-state index contributed by atoms with van der Waals surface area (Å²) >= 11 is 0. The van der Waals surface area contributed by atoms with Gasteiger partial charge in [-0.25, -0.2) is 9.18 Å². The Balaban J connectivity index is 2.11. The third kappa shape index (κ3) is 4.12. The molecule has 1 amide bonds. The molecular weight excluding hydrogens is 287 g/mol. The highest BCUT2D eigenvalue weighted by Crippen LogP contribution is 2.07. The van der Waals surface area contributed by atoms with Crippen molar-refractivity contribution in [1.82, 2.24) is 10.3 Å². The maximum Gasteiger partial charge on any atom is 0.328 e. The molecule has 0 radical (unpaired) electrons. The lowest BCUT2D eigenvalue weighted by atomic mass is 10.1. The van der Waals surface area contributed by atoms with E-state index < -0.39 is 17.9 Å². The number of amides is 1. The number of aromatic nitrogens is 1. The zero-order chi connectivity index (χ0) is 15.9. The molecule has 1 N–H and O–H groups in total. The van der Waals surface area contributed by atoms with Crippen molar-refractivity contribution in [3.05, 3.63) is 65.7 Å². The number of nitrogens with zero attached hydrogens (tertiary/aromatic N) is 1. The second-order valence-corrected chi connectivity index (χ2v) is 4.59. The smallest absolute Gasteiger partial charge is 0.328 e. The van der Waals surface area contributed by atoms with Crippen LogP contribution in [0.2, 0.25) is 0 Å². The van der Waals surface area contributed by atoms with Crippen LogP contribution >= 0.6 is 0 Å². The summed E-state index contributed by atoms with van der Waals surface area (Å²) in [5.74, 6) is -1.41. The summed E-state index contributed by atoms with van der Waals surface area (Å²) in [6.07, 6.45) is 1.69. The van der Waals surface area contributed by atoms with E-state index >= 15 is 0 Å². The second kappa shape index (κ2) is 7.31. The van der Waals surface area contributed by atoms with Gasteiger partial charge in [0.15, 0.2) is 0 Å². The highest BCUT2D eigenvalue weighted by molar-refractivity contribution is 5.95. The van der Waals surface area contributed by atoms with Gasteiger partial charge in [0, 0.05) is 12.6 Å². The Kier molecular flexibility index (Phi) is 5.19. The Morgan fingerprint density at radius 3 is 2.55 bits per heavy atom. The molecule has 0 bridgehead atoms. The number of methoxy groups -OCH3 is 1. The third-order valence-corrected chi connectivity index (χ3v) is 3.04. The summed E-state index contributed by atoms with van der Waals surface area (Å²) in [4.78, 5) is 27.8. The average Bonchev–Trinajstić information content (AvgIpc) is 2.56. The van der Waals surface area contributed by atoms with Gasteiger partial charge >= 0.3 is 5.97 Å². The maximum absolute atomic E-state index is 12.9. The summed E-state index contributed by atoms with van der Waals surface area (Å²) in [7, 11) is 1.24. The molecule has 6 heteroatoms. The molecule has 2 rings (SSSR count). The number of hydrogen-bond donors (Lipinski definition) is 1. The molecule has 0 unspecified atom stereocenters. The van der Waals surface area contributed by atoms with Crippen molar-refractivity contribution in [2.24, 2.45) is 0 Å². The number of carbonyl (C=O) groups excluding carboxylic acids is 2. The SMILES string of the molecule is COC(=O)[C@H](Cc1ccc(F)cc1)NC(=O)c1ccccn1. The van der Waals surface area contributed by atoms with E-state index in [1.165, 1.54) is 25.4 Å². The first-order valence-electron chi connectivity index (χ1n) is 6.64. The highest BCUT2D eigenvalue weighted by Gasteiger charge is 2.23. The third-order valence-electron chi connectivity index (χ3n) is 3.04. The van der Waals surface area contributed by atoms with Crippen molar-refractivity contribution < 1.29 is 18.7 Å². The molecule has 0 aliphatic carbocycles. The highest BCUT2D eigenvalue weighted by atomic mass is 19.1. The Bertz CT molecular complexity index is 644. The van der Waals surface area contributed by atoms with Crippen molar-refractivity contribution in [3.8, 4) is 0 Å². The van der Waals surface area contributed by atoms with Crippen LogP contribution in [0.25, 0.3) is 0 Å². The zero-order valence-corrected chi connectivity index (χ0v) is 12.0.